The molecule has 2 aromatic carbocycles. The summed E-state index contributed by atoms with van der Waals surface area (Å²) in [5.74, 6) is -0.390. The third-order valence-corrected chi connectivity index (χ3v) is 6.40. The van der Waals surface area contributed by atoms with Gasteiger partial charge in [0.05, 0.1) is 13.0 Å². The van der Waals surface area contributed by atoms with Gasteiger partial charge in [-0.3, -0.25) is 9.59 Å². The van der Waals surface area contributed by atoms with Crippen LogP contribution in [0.5, 0.6) is 0 Å². The van der Waals surface area contributed by atoms with Gasteiger partial charge in [-0.05, 0) is 55.7 Å². The molecule has 2 aromatic rings. The van der Waals surface area contributed by atoms with E-state index in [-0.39, 0.29) is 36.2 Å². The van der Waals surface area contributed by atoms with Crippen LogP contribution in [0.25, 0.3) is 11.1 Å². The third-order valence-electron chi connectivity index (χ3n) is 6.40. The number of carbonyl (C=O) groups excluding carboxylic acids is 2. The van der Waals surface area contributed by atoms with E-state index >= 15 is 0 Å². The summed E-state index contributed by atoms with van der Waals surface area (Å²) in [5, 5.41) is 13.0. The van der Waals surface area contributed by atoms with Crippen LogP contribution in [0.1, 0.15) is 44.6 Å². The molecule has 0 heterocycles. The number of nitrogens with one attached hydrogen (secondary N) is 1. The van der Waals surface area contributed by atoms with Crippen LogP contribution in [0.3, 0.4) is 0 Å². The molecule has 0 spiro atoms. The predicted octanol–water partition coefficient (Wildman–Crippen LogP) is 4.11. The summed E-state index contributed by atoms with van der Waals surface area (Å²) in [5.41, 5.74) is 3.33. The van der Waals surface area contributed by atoms with Crippen LogP contribution in [0.15, 0.2) is 54.6 Å². The zero-order valence-corrected chi connectivity index (χ0v) is 19.5. The SMILES string of the molecule is CCOC(=O)C[C@@H](Cc1ccc(-c2ccccc2)cc1)NC(=O)C1CCC(C(O)OC)CC1. The minimum atomic E-state index is -0.774. The van der Waals surface area contributed by atoms with E-state index in [1.165, 1.54) is 7.11 Å². The van der Waals surface area contributed by atoms with Gasteiger partial charge >= 0.3 is 5.97 Å². The van der Waals surface area contributed by atoms with Crippen LogP contribution in [0, 0.1) is 11.8 Å². The molecular formula is C27H35NO5. The number of rotatable bonds is 10. The highest BCUT2D eigenvalue weighted by Crippen LogP contribution is 2.31. The molecule has 33 heavy (non-hydrogen) atoms. The lowest BCUT2D eigenvalue weighted by Gasteiger charge is -2.31. The number of hydrogen-bond donors (Lipinski definition) is 2. The number of amides is 1. The molecule has 1 aliphatic rings. The topological polar surface area (TPSA) is 84.9 Å². The van der Waals surface area contributed by atoms with Crippen molar-refractivity contribution in [3.05, 3.63) is 60.2 Å². The molecule has 0 aliphatic heterocycles. The lowest BCUT2D eigenvalue weighted by Crippen LogP contribution is -2.43. The van der Waals surface area contributed by atoms with Crippen molar-refractivity contribution in [2.45, 2.75) is 57.8 Å². The van der Waals surface area contributed by atoms with E-state index in [0.717, 1.165) is 29.5 Å². The fourth-order valence-electron chi connectivity index (χ4n) is 4.52. The van der Waals surface area contributed by atoms with Crippen LogP contribution in [0.4, 0.5) is 0 Å². The number of hydrogen-bond acceptors (Lipinski definition) is 5. The maximum absolute atomic E-state index is 13.0. The van der Waals surface area contributed by atoms with Crippen LogP contribution < -0.4 is 5.32 Å². The van der Waals surface area contributed by atoms with Crippen molar-refractivity contribution in [3.8, 4) is 11.1 Å². The van der Waals surface area contributed by atoms with E-state index < -0.39 is 6.29 Å². The van der Waals surface area contributed by atoms with E-state index in [9.17, 15) is 14.7 Å². The van der Waals surface area contributed by atoms with Crippen LogP contribution in [0.2, 0.25) is 0 Å². The minimum Gasteiger partial charge on any atom is -0.466 e. The molecule has 2 N–H and O–H groups in total. The summed E-state index contributed by atoms with van der Waals surface area (Å²) in [6, 6.07) is 18.0. The zero-order chi connectivity index (χ0) is 23.6. The van der Waals surface area contributed by atoms with Crippen molar-refractivity contribution in [2.24, 2.45) is 11.8 Å². The first-order chi connectivity index (χ1) is 16.0. The Kier molecular flexibility index (Phi) is 9.46. The maximum atomic E-state index is 13.0. The number of aliphatic hydroxyl groups excluding tert-OH is 1. The first kappa shape index (κ1) is 24.9. The van der Waals surface area contributed by atoms with Crippen LogP contribution in [-0.2, 0) is 25.5 Å². The molecule has 6 heteroatoms. The number of ether oxygens (including phenoxy) is 2. The number of benzene rings is 2. The molecule has 0 radical (unpaired) electrons. The average Bonchev–Trinajstić information content (AvgIpc) is 2.84. The smallest absolute Gasteiger partial charge is 0.307 e. The van der Waals surface area contributed by atoms with Crippen molar-refractivity contribution < 1.29 is 24.2 Å². The highest BCUT2D eigenvalue weighted by molar-refractivity contribution is 5.80. The Hall–Kier alpha value is -2.70. The van der Waals surface area contributed by atoms with Crippen molar-refractivity contribution in [1.82, 2.24) is 5.32 Å². The summed E-state index contributed by atoms with van der Waals surface area (Å²) in [6.07, 6.45) is 2.82. The molecule has 1 amide bonds. The summed E-state index contributed by atoms with van der Waals surface area (Å²) in [7, 11) is 1.50. The van der Waals surface area contributed by atoms with Gasteiger partial charge in [0.2, 0.25) is 5.91 Å². The van der Waals surface area contributed by atoms with Crippen molar-refractivity contribution in [1.29, 1.82) is 0 Å². The lowest BCUT2D eigenvalue weighted by molar-refractivity contribution is -0.144. The Morgan fingerprint density at radius 3 is 2.24 bits per heavy atom. The first-order valence-corrected chi connectivity index (χ1v) is 11.8. The average molecular weight is 454 g/mol. The molecule has 6 nitrogen and oxygen atoms in total. The molecule has 1 aliphatic carbocycles. The summed E-state index contributed by atoms with van der Waals surface area (Å²) < 4.78 is 10.2. The van der Waals surface area contributed by atoms with Crippen molar-refractivity contribution in [2.75, 3.05) is 13.7 Å². The quantitative estimate of drug-likeness (QED) is 0.418. The zero-order valence-electron chi connectivity index (χ0n) is 19.5. The molecule has 1 unspecified atom stereocenters. The summed E-state index contributed by atoms with van der Waals surface area (Å²) in [4.78, 5) is 25.1. The van der Waals surface area contributed by atoms with Crippen molar-refractivity contribution >= 4 is 11.9 Å². The normalized spacial score (nSPS) is 20.0. The first-order valence-electron chi connectivity index (χ1n) is 11.8. The summed E-state index contributed by atoms with van der Waals surface area (Å²) >= 11 is 0. The molecular weight excluding hydrogens is 418 g/mol. The number of aliphatic hydroxyl groups is 1. The van der Waals surface area contributed by atoms with Gasteiger partial charge in [0.1, 0.15) is 0 Å². The predicted molar refractivity (Wildman–Crippen MR) is 127 cm³/mol. The highest BCUT2D eigenvalue weighted by Gasteiger charge is 2.31. The van der Waals surface area contributed by atoms with Gasteiger partial charge in [0, 0.05) is 25.0 Å². The Bertz CT molecular complexity index is 875. The van der Waals surface area contributed by atoms with Gasteiger partial charge in [-0.15, -0.1) is 0 Å². The van der Waals surface area contributed by atoms with Gasteiger partial charge in [0.15, 0.2) is 6.29 Å². The standard InChI is InChI=1S/C27H35NO5/c1-3-33-25(29)18-24(28-26(30)22-13-15-23(16-14-22)27(31)32-2)17-19-9-11-21(12-10-19)20-7-5-4-6-8-20/h4-12,22-24,27,31H,3,13-18H2,1-2H3,(H,28,30)/t22?,23?,24-,27?/m1/s1. The molecule has 1 saturated carbocycles. The number of methoxy groups -OCH3 is 1. The Morgan fingerprint density at radius 2 is 1.64 bits per heavy atom. The van der Waals surface area contributed by atoms with Crippen LogP contribution >= 0.6 is 0 Å². The van der Waals surface area contributed by atoms with Gasteiger partial charge in [-0.2, -0.15) is 0 Å². The van der Waals surface area contributed by atoms with Gasteiger partial charge in [-0.1, -0.05) is 54.6 Å². The largest absolute Gasteiger partial charge is 0.466 e. The number of esters is 1. The van der Waals surface area contributed by atoms with Gasteiger partial charge in [0.25, 0.3) is 0 Å². The van der Waals surface area contributed by atoms with E-state index in [0.29, 0.717) is 25.9 Å². The Labute approximate surface area is 196 Å². The van der Waals surface area contributed by atoms with E-state index in [4.69, 9.17) is 9.47 Å². The second-order valence-corrected chi connectivity index (χ2v) is 8.72. The van der Waals surface area contributed by atoms with E-state index in [1.54, 1.807) is 6.92 Å². The second-order valence-electron chi connectivity index (χ2n) is 8.72. The highest BCUT2D eigenvalue weighted by atomic mass is 16.6. The molecule has 1 fully saturated rings. The molecule has 178 valence electrons. The fourth-order valence-corrected chi connectivity index (χ4v) is 4.52. The third kappa shape index (κ3) is 7.41. The summed E-state index contributed by atoms with van der Waals surface area (Å²) in [6.45, 7) is 2.10. The number of carbonyl (C=O) groups is 2. The molecule has 2 atom stereocenters. The molecule has 0 saturated heterocycles. The lowest BCUT2D eigenvalue weighted by atomic mass is 9.81. The molecule has 3 rings (SSSR count). The fraction of sp³-hybridized carbons (Fsp3) is 0.481. The van der Waals surface area contributed by atoms with Crippen LogP contribution in [-0.4, -0.2) is 43.0 Å². The van der Waals surface area contributed by atoms with E-state index in [2.05, 4.69) is 29.6 Å². The Balaban J connectivity index is 1.62. The van der Waals surface area contributed by atoms with Crippen molar-refractivity contribution in [3.63, 3.8) is 0 Å². The monoisotopic (exact) mass is 453 g/mol. The van der Waals surface area contributed by atoms with Gasteiger partial charge < -0.3 is 19.9 Å². The Morgan fingerprint density at radius 1 is 1.00 bits per heavy atom. The second kappa shape index (κ2) is 12.5. The molecule has 0 bridgehead atoms. The molecule has 0 aromatic heterocycles. The van der Waals surface area contributed by atoms with E-state index in [1.807, 2.05) is 30.3 Å². The van der Waals surface area contributed by atoms with Gasteiger partial charge in [-0.25, -0.2) is 0 Å². The maximum Gasteiger partial charge on any atom is 0.307 e. The minimum absolute atomic E-state index is 0.0319.